The van der Waals surface area contributed by atoms with E-state index in [4.69, 9.17) is 14.6 Å². The lowest BCUT2D eigenvalue weighted by Crippen LogP contribution is -2.25. The van der Waals surface area contributed by atoms with Crippen LogP contribution in [0.15, 0.2) is 24.4 Å². The number of nitrogens with one attached hydrogen (secondary N) is 1. The molecule has 8 nitrogen and oxygen atoms in total. The molecule has 1 aliphatic heterocycles. The van der Waals surface area contributed by atoms with Crippen LogP contribution < -0.4 is 10.1 Å². The van der Waals surface area contributed by atoms with Crippen LogP contribution >= 0.6 is 0 Å². The Morgan fingerprint density at radius 1 is 1.34 bits per heavy atom. The van der Waals surface area contributed by atoms with Gasteiger partial charge in [0.25, 0.3) is 6.47 Å². The lowest BCUT2D eigenvalue weighted by molar-refractivity contribution is -0.123. The first-order valence-electron chi connectivity index (χ1n) is 9.94. The minimum Gasteiger partial charge on any atom is -0.494 e. The molecule has 1 fully saturated rings. The highest BCUT2D eigenvalue weighted by Gasteiger charge is 2.32. The van der Waals surface area contributed by atoms with E-state index < -0.39 is 0 Å². The van der Waals surface area contributed by atoms with E-state index in [0.29, 0.717) is 24.8 Å². The molecule has 1 saturated carbocycles. The van der Waals surface area contributed by atoms with Crippen LogP contribution in [0.1, 0.15) is 67.7 Å². The number of aliphatic hydroxyl groups excluding tert-OH is 1. The van der Waals surface area contributed by atoms with Crippen molar-refractivity contribution in [2.24, 2.45) is 0 Å². The number of carbonyl (C=O) groups is 2. The van der Waals surface area contributed by atoms with Crippen molar-refractivity contribution >= 4 is 18.2 Å². The molecule has 1 atom stereocenters. The van der Waals surface area contributed by atoms with Crippen molar-refractivity contribution in [2.75, 3.05) is 11.9 Å². The van der Waals surface area contributed by atoms with Crippen molar-refractivity contribution in [1.82, 2.24) is 9.78 Å². The highest BCUT2D eigenvalue weighted by molar-refractivity contribution is 5.94. The zero-order valence-electron chi connectivity index (χ0n) is 16.5. The van der Waals surface area contributed by atoms with Crippen molar-refractivity contribution in [2.45, 2.75) is 57.6 Å². The van der Waals surface area contributed by atoms with Crippen LogP contribution in [0, 0.1) is 0 Å². The van der Waals surface area contributed by atoms with Gasteiger partial charge in [0.1, 0.15) is 11.6 Å². The number of rotatable bonds is 5. The SMILES string of the molecule is CCOc1ccc(C2CC(=O)Nc3c2cnn3C2CCCC2)cc1CO.O=CO. The smallest absolute Gasteiger partial charge is 0.290 e. The largest absolute Gasteiger partial charge is 0.494 e. The fourth-order valence-corrected chi connectivity index (χ4v) is 4.20. The minimum absolute atomic E-state index is 0.0154. The quantitative estimate of drug-likeness (QED) is 0.664. The third-order valence-corrected chi connectivity index (χ3v) is 5.47. The van der Waals surface area contributed by atoms with Crippen LogP contribution in [0.5, 0.6) is 5.75 Å². The summed E-state index contributed by atoms with van der Waals surface area (Å²) in [4.78, 5) is 20.7. The van der Waals surface area contributed by atoms with Gasteiger partial charge in [-0.3, -0.25) is 9.59 Å². The van der Waals surface area contributed by atoms with Gasteiger partial charge in [0.15, 0.2) is 0 Å². The molecule has 156 valence electrons. The highest BCUT2D eigenvalue weighted by Crippen LogP contribution is 2.41. The summed E-state index contributed by atoms with van der Waals surface area (Å²) in [7, 11) is 0. The highest BCUT2D eigenvalue weighted by atomic mass is 16.5. The summed E-state index contributed by atoms with van der Waals surface area (Å²) in [6, 6.07) is 6.21. The van der Waals surface area contributed by atoms with Crippen molar-refractivity contribution in [3.05, 3.63) is 41.1 Å². The van der Waals surface area contributed by atoms with Gasteiger partial charge in [0, 0.05) is 23.5 Å². The van der Waals surface area contributed by atoms with E-state index in [1.165, 1.54) is 12.8 Å². The third kappa shape index (κ3) is 4.42. The first kappa shape index (κ1) is 20.9. The first-order valence-corrected chi connectivity index (χ1v) is 9.94. The predicted octanol–water partition coefficient (Wildman–Crippen LogP) is 3.06. The molecule has 1 unspecified atom stereocenters. The number of anilines is 1. The van der Waals surface area contributed by atoms with Crippen molar-refractivity contribution in [3.63, 3.8) is 0 Å². The van der Waals surface area contributed by atoms with Gasteiger partial charge in [0.05, 0.1) is 25.5 Å². The lowest BCUT2D eigenvalue weighted by Gasteiger charge is -2.25. The second kappa shape index (κ2) is 9.56. The standard InChI is InChI=1S/C20H25N3O3.CH2O2/c1-2-26-18-8-7-13(9-14(18)12-24)16-10-19(25)22-20-17(16)11-21-23(20)15-5-3-4-6-15;2-1-3/h7-9,11,15-16,24H,2-6,10,12H2,1H3,(H,22,25);1H,(H,2,3). The van der Waals surface area contributed by atoms with E-state index in [1.807, 2.05) is 36.0 Å². The molecule has 2 heterocycles. The van der Waals surface area contributed by atoms with Crippen LogP contribution in [0.25, 0.3) is 0 Å². The number of fused-ring (bicyclic) bond motifs is 1. The normalized spacial score (nSPS) is 18.4. The number of carboxylic acid groups (broad SMARTS) is 1. The molecule has 1 aromatic heterocycles. The molecule has 1 aromatic carbocycles. The zero-order valence-corrected chi connectivity index (χ0v) is 16.5. The molecule has 0 radical (unpaired) electrons. The van der Waals surface area contributed by atoms with Crippen LogP contribution in [0.2, 0.25) is 0 Å². The monoisotopic (exact) mass is 401 g/mol. The zero-order chi connectivity index (χ0) is 20.8. The molecule has 0 spiro atoms. The number of aromatic nitrogens is 2. The Kier molecular flexibility index (Phi) is 6.87. The average molecular weight is 401 g/mol. The number of hydrogen-bond acceptors (Lipinski definition) is 5. The van der Waals surface area contributed by atoms with Gasteiger partial charge in [0.2, 0.25) is 5.91 Å². The van der Waals surface area contributed by atoms with E-state index in [0.717, 1.165) is 35.3 Å². The molecule has 2 aliphatic rings. The predicted molar refractivity (Wildman–Crippen MR) is 107 cm³/mol. The van der Waals surface area contributed by atoms with Gasteiger partial charge >= 0.3 is 0 Å². The number of carbonyl (C=O) groups excluding carboxylic acids is 1. The Morgan fingerprint density at radius 2 is 2.07 bits per heavy atom. The van der Waals surface area contributed by atoms with E-state index in [1.54, 1.807) is 0 Å². The van der Waals surface area contributed by atoms with Crippen LogP contribution in [0.3, 0.4) is 0 Å². The maximum absolute atomic E-state index is 12.4. The van der Waals surface area contributed by atoms with E-state index in [9.17, 15) is 9.90 Å². The first-order chi connectivity index (χ1) is 14.1. The molecule has 1 amide bonds. The van der Waals surface area contributed by atoms with Crippen molar-refractivity contribution in [3.8, 4) is 5.75 Å². The second-order valence-corrected chi connectivity index (χ2v) is 7.20. The van der Waals surface area contributed by atoms with Gasteiger partial charge in [-0.05, 0) is 37.5 Å². The summed E-state index contributed by atoms with van der Waals surface area (Å²) in [6.07, 6.45) is 6.96. The van der Waals surface area contributed by atoms with Crippen molar-refractivity contribution < 1.29 is 24.5 Å². The topological polar surface area (TPSA) is 114 Å². The molecular formula is C21H27N3O5. The molecule has 1 aliphatic carbocycles. The summed E-state index contributed by atoms with van der Waals surface area (Å²) < 4.78 is 7.58. The maximum Gasteiger partial charge on any atom is 0.290 e. The molecule has 2 aromatic rings. The molecule has 4 rings (SSSR count). The Labute approximate surface area is 169 Å². The summed E-state index contributed by atoms with van der Waals surface area (Å²) in [6.45, 7) is 2.14. The number of nitrogens with zero attached hydrogens (tertiary/aromatic N) is 2. The number of benzene rings is 1. The van der Waals surface area contributed by atoms with E-state index in [2.05, 4.69) is 10.4 Å². The summed E-state index contributed by atoms with van der Waals surface area (Å²) in [5.41, 5.74) is 2.82. The molecule has 8 heteroatoms. The number of ether oxygens (including phenoxy) is 1. The summed E-state index contributed by atoms with van der Waals surface area (Å²) in [5, 5.41) is 24.2. The fraction of sp³-hybridized carbons (Fsp3) is 0.476. The average Bonchev–Trinajstić information content (AvgIpc) is 3.38. The van der Waals surface area contributed by atoms with Crippen LogP contribution in [-0.2, 0) is 16.2 Å². The lowest BCUT2D eigenvalue weighted by atomic mass is 9.86. The Balaban J connectivity index is 0.000000755. The fourth-order valence-electron chi connectivity index (χ4n) is 4.20. The van der Waals surface area contributed by atoms with Gasteiger partial charge in [-0.25, -0.2) is 4.68 Å². The molecule has 0 saturated heterocycles. The van der Waals surface area contributed by atoms with Crippen LogP contribution in [-0.4, -0.2) is 39.0 Å². The van der Waals surface area contributed by atoms with Gasteiger partial charge in [-0.1, -0.05) is 18.9 Å². The van der Waals surface area contributed by atoms with E-state index in [-0.39, 0.29) is 24.9 Å². The second-order valence-electron chi connectivity index (χ2n) is 7.20. The summed E-state index contributed by atoms with van der Waals surface area (Å²) >= 11 is 0. The Hall–Kier alpha value is -2.87. The Bertz CT molecular complexity index is 858. The maximum atomic E-state index is 12.4. The van der Waals surface area contributed by atoms with Crippen LogP contribution in [0.4, 0.5) is 5.82 Å². The van der Waals surface area contributed by atoms with Crippen molar-refractivity contribution in [1.29, 1.82) is 0 Å². The number of amides is 1. The van der Waals surface area contributed by atoms with Gasteiger partial charge in [-0.2, -0.15) is 5.10 Å². The molecule has 0 bridgehead atoms. The van der Waals surface area contributed by atoms with E-state index >= 15 is 0 Å². The number of aliphatic hydroxyl groups is 1. The minimum atomic E-state index is -0.250. The van der Waals surface area contributed by atoms with Gasteiger partial charge < -0.3 is 20.3 Å². The third-order valence-electron chi connectivity index (χ3n) is 5.47. The number of hydrogen-bond donors (Lipinski definition) is 3. The summed E-state index contributed by atoms with van der Waals surface area (Å²) in [5.74, 6) is 1.51. The molecule has 3 N–H and O–H groups in total. The van der Waals surface area contributed by atoms with Gasteiger partial charge in [-0.15, -0.1) is 0 Å². The molecular weight excluding hydrogens is 374 g/mol. The Morgan fingerprint density at radius 3 is 2.72 bits per heavy atom. The molecule has 29 heavy (non-hydrogen) atoms.